The standard InChI is InChI=1S/C60H48BN3O2/c1-58(2,3)34-18-21-36(22-19-34)64-50-31-53-44(38-23-20-35(59(4,5)6)26-52(38)65-53)27-42(50)39-24-25-40-43-28-46-41(37-16-12-13-17-45(37)60(46,7)8)29-49(43)63-51-32-54-48(30-47(51)61(64)55(39)56(40)63)62-57(66-54)33-14-10-9-11-15-33/h9-32H,1-8H3. The fraction of sp³-hybridized carbons (Fsp3) is 0.183. The fourth-order valence-corrected chi connectivity index (χ4v) is 11.8. The quantitative estimate of drug-likeness (QED) is 0.163. The highest BCUT2D eigenvalue weighted by Crippen LogP contribution is 2.53. The number of nitrogens with zero attached hydrogens (tertiary/aromatic N) is 3. The van der Waals surface area contributed by atoms with Gasteiger partial charge in [-0.2, -0.15) is 0 Å². The summed E-state index contributed by atoms with van der Waals surface area (Å²) >= 11 is 0. The van der Waals surface area contributed by atoms with Crippen LogP contribution in [0.1, 0.15) is 77.6 Å². The smallest absolute Gasteiger partial charge is 0.333 e. The lowest BCUT2D eigenvalue weighted by Crippen LogP contribution is -2.60. The van der Waals surface area contributed by atoms with E-state index in [-0.39, 0.29) is 23.1 Å². The zero-order chi connectivity index (χ0) is 44.8. The van der Waals surface area contributed by atoms with Crippen LogP contribution in [-0.2, 0) is 16.2 Å². The number of rotatable bonds is 2. The molecule has 6 heteroatoms. The largest absolute Gasteiger partial charge is 0.456 e. The third kappa shape index (κ3) is 4.99. The number of hydrogen-bond donors (Lipinski definition) is 0. The Bertz CT molecular complexity index is 3930. The number of fused-ring (bicyclic) bond motifs is 15. The Morgan fingerprint density at radius 2 is 1.24 bits per heavy atom. The van der Waals surface area contributed by atoms with Gasteiger partial charge in [0.2, 0.25) is 5.89 Å². The van der Waals surface area contributed by atoms with E-state index < -0.39 is 0 Å². The second-order valence-corrected chi connectivity index (χ2v) is 21.6. The van der Waals surface area contributed by atoms with Gasteiger partial charge in [-0.15, -0.1) is 0 Å². The van der Waals surface area contributed by atoms with Gasteiger partial charge < -0.3 is 18.2 Å². The molecule has 0 spiro atoms. The van der Waals surface area contributed by atoms with E-state index in [0.717, 1.165) is 55.7 Å². The predicted molar refractivity (Wildman–Crippen MR) is 275 cm³/mol. The summed E-state index contributed by atoms with van der Waals surface area (Å²) in [6.45, 7) is 18.2. The third-order valence-corrected chi connectivity index (χ3v) is 15.3. The van der Waals surface area contributed by atoms with Crippen LogP contribution in [0, 0.1) is 0 Å². The molecular weight excluding hydrogens is 805 g/mol. The Morgan fingerprint density at radius 1 is 0.530 bits per heavy atom. The Labute approximate surface area is 384 Å². The Hall–Kier alpha value is -7.31. The molecule has 5 nitrogen and oxygen atoms in total. The van der Waals surface area contributed by atoms with Gasteiger partial charge in [-0.1, -0.05) is 134 Å². The first-order valence-electron chi connectivity index (χ1n) is 23.4. The molecule has 0 amide bonds. The lowest BCUT2D eigenvalue weighted by molar-refractivity contribution is 0.587. The zero-order valence-corrected chi connectivity index (χ0v) is 38.6. The van der Waals surface area contributed by atoms with Gasteiger partial charge in [0.05, 0.1) is 11.0 Å². The summed E-state index contributed by atoms with van der Waals surface area (Å²) in [6, 6.07) is 54.3. The molecule has 0 saturated carbocycles. The molecule has 1 aliphatic carbocycles. The second-order valence-electron chi connectivity index (χ2n) is 21.6. The molecule has 3 aromatic heterocycles. The highest BCUT2D eigenvalue weighted by molar-refractivity contribution is 6.94. The molecule has 2 aliphatic heterocycles. The van der Waals surface area contributed by atoms with Crippen molar-refractivity contribution >= 4 is 84.0 Å². The summed E-state index contributed by atoms with van der Waals surface area (Å²) in [7, 11) is 0. The molecule has 0 saturated heterocycles. The number of oxazole rings is 1. The molecule has 0 radical (unpaired) electrons. The van der Waals surface area contributed by atoms with E-state index in [1.807, 2.05) is 18.2 Å². The van der Waals surface area contributed by atoms with Crippen LogP contribution in [0.5, 0.6) is 0 Å². The number of aromatic nitrogens is 2. The maximum absolute atomic E-state index is 6.88. The lowest BCUT2D eigenvalue weighted by Gasteiger charge is -2.42. The van der Waals surface area contributed by atoms with Crippen molar-refractivity contribution in [1.82, 2.24) is 9.55 Å². The Kier molecular flexibility index (Phi) is 7.21. The minimum atomic E-state index is -0.192. The highest BCUT2D eigenvalue weighted by Gasteiger charge is 2.45. The molecule has 0 N–H and O–H groups in total. The summed E-state index contributed by atoms with van der Waals surface area (Å²) in [5.41, 5.74) is 22.9. The molecule has 14 rings (SSSR count). The molecule has 0 fully saturated rings. The molecule has 11 aromatic rings. The van der Waals surface area contributed by atoms with Crippen molar-refractivity contribution in [3.05, 3.63) is 168 Å². The lowest BCUT2D eigenvalue weighted by atomic mass is 9.44. The molecule has 8 aromatic carbocycles. The van der Waals surface area contributed by atoms with Crippen LogP contribution in [0.2, 0.25) is 0 Å². The van der Waals surface area contributed by atoms with Crippen molar-refractivity contribution < 1.29 is 8.83 Å². The molecule has 318 valence electrons. The van der Waals surface area contributed by atoms with Crippen molar-refractivity contribution in [1.29, 1.82) is 0 Å². The molecule has 66 heavy (non-hydrogen) atoms. The topological polar surface area (TPSA) is 47.3 Å². The van der Waals surface area contributed by atoms with Gasteiger partial charge in [-0.05, 0) is 115 Å². The van der Waals surface area contributed by atoms with E-state index >= 15 is 0 Å². The predicted octanol–water partition coefficient (Wildman–Crippen LogP) is 14.6. The summed E-state index contributed by atoms with van der Waals surface area (Å²) in [5, 5.41) is 4.79. The van der Waals surface area contributed by atoms with Crippen LogP contribution in [-0.4, -0.2) is 16.4 Å². The number of anilines is 2. The maximum atomic E-state index is 6.88. The maximum Gasteiger partial charge on any atom is 0.333 e. The van der Waals surface area contributed by atoms with Gasteiger partial charge in [0.1, 0.15) is 16.7 Å². The summed E-state index contributed by atoms with van der Waals surface area (Å²) in [5.74, 6) is 0.621. The van der Waals surface area contributed by atoms with Gasteiger partial charge in [0.15, 0.2) is 5.58 Å². The number of furan rings is 1. The van der Waals surface area contributed by atoms with Crippen molar-refractivity contribution in [2.45, 2.75) is 71.6 Å². The summed E-state index contributed by atoms with van der Waals surface area (Å²) in [6.07, 6.45) is 0. The number of benzene rings is 8. The molecule has 0 atom stereocenters. The summed E-state index contributed by atoms with van der Waals surface area (Å²) in [4.78, 5) is 7.79. The monoisotopic (exact) mass is 853 g/mol. The van der Waals surface area contributed by atoms with Crippen molar-refractivity contribution in [2.24, 2.45) is 0 Å². The van der Waals surface area contributed by atoms with Crippen LogP contribution in [0.3, 0.4) is 0 Å². The fourth-order valence-electron chi connectivity index (χ4n) is 11.8. The molecule has 0 unspecified atom stereocenters. The number of hydrogen-bond acceptors (Lipinski definition) is 4. The zero-order valence-electron chi connectivity index (χ0n) is 38.6. The third-order valence-electron chi connectivity index (χ3n) is 15.3. The van der Waals surface area contributed by atoms with Crippen LogP contribution in [0.15, 0.2) is 154 Å². The summed E-state index contributed by atoms with van der Waals surface area (Å²) < 4.78 is 16.2. The SMILES string of the molecule is CC(C)(C)c1ccc(N2B3c4cc5nc(-c6ccccc6)oc5cc4-n4c5cc6c(cc5c5ccc(c3c54)-c3cc4c(cc32)oc2cc(C(C)(C)C)ccc24)C(C)(C)c2ccccc2-6)cc1. The minimum absolute atomic E-state index is 0.00252. The van der Waals surface area contributed by atoms with Crippen LogP contribution in [0.25, 0.3) is 94.2 Å². The van der Waals surface area contributed by atoms with E-state index in [4.69, 9.17) is 13.8 Å². The van der Waals surface area contributed by atoms with E-state index in [1.54, 1.807) is 0 Å². The van der Waals surface area contributed by atoms with Crippen molar-refractivity contribution in [3.8, 4) is 39.4 Å². The minimum Gasteiger partial charge on any atom is -0.456 e. The molecular formula is C60H48BN3O2. The molecule has 3 aliphatic rings. The van der Waals surface area contributed by atoms with Crippen LogP contribution >= 0.6 is 0 Å². The van der Waals surface area contributed by atoms with Crippen molar-refractivity contribution in [2.75, 3.05) is 4.81 Å². The van der Waals surface area contributed by atoms with E-state index in [1.165, 1.54) is 77.2 Å². The molecule has 5 heterocycles. The normalized spacial score (nSPS) is 14.7. The van der Waals surface area contributed by atoms with E-state index in [2.05, 4.69) is 192 Å². The van der Waals surface area contributed by atoms with Gasteiger partial charge in [-0.25, -0.2) is 4.98 Å². The average Bonchev–Trinajstić information content (AvgIpc) is 4.04. The first-order valence-corrected chi connectivity index (χ1v) is 23.4. The molecule has 0 bridgehead atoms. The van der Waals surface area contributed by atoms with E-state index in [0.29, 0.717) is 5.89 Å². The van der Waals surface area contributed by atoms with Gasteiger partial charge in [0.25, 0.3) is 0 Å². The highest BCUT2D eigenvalue weighted by atomic mass is 16.3. The Morgan fingerprint density at radius 3 is 2.03 bits per heavy atom. The van der Waals surface area contributed by atoms with Crippen LogP contribution < -0.4 is 15.7 Å². The van der Waals surface area contributed by atoms with Gasteiger partial charge in [-0.3, -0.25) is 0 Å². The first-order chi connectivity index (χ1) is 31.7. The van der Waals surface area contributed by atoms with Crippen LogP contribution in [0.4, 0.5) is 11.4 Å². The van der Waals surface area contributed by atoms with Gasteiger partial charge >= 0.3 is 6.85 Å². The van der Waals surface area contributed by atoms with E-state index in [9.17, 15) is 0 Å². The second kappa shape index (κ2) is 12.5. The Balaban J connectivity index is 1.12. The van der Waals surface area contributed by atoms with Crippen molar-refractivity contribution in [3.63, 3.8) is 0 Å². The first kappa shape index (κ1) is 38.0. The average molecular weight is 854 g/mol. The van der Waals surface area contributed by atoms with Gasteiger partial charge in [0, 0.05) is 67.3 Å².